The van der Waals surface area contributed by atoms with Gasteiger partial charge in [-0.3, -0.25) is 4.79 Å². The largest absolute Gasteiger partial charge is 0.481 e. The highest BCUT2D eigenvalue weighted by molar-refractivity contribution is 5.74. The van der Waals surface area contributed by atoms with Crippen molar-refractivity contribution in [2.45, 2.75) is 46.0 Å². The van der Waals surface area contributed by atoms with E-state index in [1.165, 1.54) is 25.7 Å². The molecule has 1 aliphatic carbocycles. The van der Waals surface area contributed by atoms with E-state index in [0.717, 1.165) is 12.5 Å². The highest BCUT2D eigenvalue weighted by Crippen LogP contribution is 2.27. The highest BCUT2D eigenvalue weighted by atomic mass is 16.4. The average Bonchev–Trinajstić information content (AvgIpc) is 2.37. The first-order chi connectivity index (χ1) is 8.99. The quantitative estimate of drug-likeness (QED) is 0.692. The molecule has 0 heterocycles. The highest BCUT2D eigenvalue weighted by Gasteiger charge is 2.18. The molecule has 0 aromatic carbocycles. The van der Waals surface area contributed by atoms with E-state index in [2.05, 4.69) is 17.6 Å². The van der Waals surface area contributed by atoms with Crippen LogP contribution in [0, 0.1) is 17.8 Å². The summed E-state index contributed by atoms with van der Waals surface area (Å²) in [6, 6.07) is -0.184. The van der Waals surface area contributed by atoms with Crippen molar-refractivity contribution in [1.29, 1.82) is 0 Å². The van der Waals surface area contributed by atoms with Gasteiger partial charge >= 0.3 is 12.0 Å². The Hall–Kier alpha value is -1.26. The monoisotopic (exact) mass is 270 g/mol. The molecule has 0 saturated heterocycles. The molecule has 1 saturated carbocycles. The molecule has 0 bridgehead atoms. The summed E-state index contributed by atoms with van der Waals surface area (Å²) in [7, 11) is 0. The van der Waals surface area contributed by atoms with E-state index in [4.69, 9.17) is 5.11 Å². The number of hydrogen-bond donors (Lipinski definition) is 3. The van der Waals surface area contributed by atoms with Crippen LogP contribution >= 0.6 is 0 Å². The van der Waals surface area contributed by atoms with Crippen LogP contribution in [0.2, 0.25) is 0 Å². The van der Waals surface area contributed by atoms with Gasteiger partial charge in [0, 0.05) is 13.1 Å². The van der Waals surface area contributed by atoms with Crippen molar-refractivity contribution in [1.82, 2.24) is 10.6 Å². The second-order valence-corrected chi connectivity index (χ2v) is 5.79. The maximum atomic E-state index is 11.5. The van der Waals surface area contributed by atoms with Gasteiger partial charge < -0.3 is 15.7 Å². The molecule has 2 amide bonds. The summed E-state index contributed by atoms with van der Waals surface area (Å²) in [6.07, 6.45) is 5.35. The lowest BCUT2D eigenvalue weighted by molar-refractivity contribution is -0.141. The molecular weight excluding hydrogens is 244 g/mol. The Morgan fingerprint density at radius 1 is 1.21 bits per heavy atom. The van der Waals surface area contributed by atoms with Crippen molar-refractivity contribution in [3.8, 4) is 0 Å². The van der Waals surface area contributed by atoms with Gasteiger partial charge in [0.15, 0.2) is 0 Å². The van der Waals surface area contributed by atoms with Crippen LogP contribution in [0.3, 0.4) is 0 Å². The zero-order valence-corrected chi connectivity index (χ0v) is 11.9. The number of amides is 2. The Morgan fingerprint density at radius 2 is 1.84 bits per heavy atom. The molecule has 1 aliphatic rings. The standard InChI is InChI=1S/C14H26N2O3/c1-10-3-5-12(6-4-10)9-16-14(19)15-8-7-11(2)13(17)18/h10-12H,3-9H2,1-2H3,(H,17,18)(H2,15,16,19). The maximum absolute atomic E-state index is 11.5. The van der Waals surface area contributed by atoms with E-state index in [9.17, 15) is 9.59 Å². The number of carbonyl (C=O) groups excluding carboxylic acids is 1. The van der Waals surface area contributed by atoms with Crippen LogP contribution in [0.5, 0.6) is 0 Å². The van der Waals surface area contributed by atoms with Crippen LogP contribution in [0.1, 0.15) is 46.0 Å². The molecule has 1 atom stereocenters. The van der Waals surface area contributed by atoms with Crippen molar-refractivity contribution >= 4 is 12.0 Å². The molecule has 0 radical (unpaired) electrons. The minimum absolute atomic E-state index is 0.184. The molecule has 1 rings (SSSR count). The van der Waals surface area contributed by atoms with Gasteiger partial charge in [-0.05, 0) is 31.1 Å². The van der Waals surface area contributed by atoms with Crippen LogP contribution in [0.15, 0.2) is 0 Å². The van der Waals surface area contributed by atoms with Crippen molar-refractivity contribution < 1.29 is 14.7 Å². The predicted octanol–water partition coefficient (Wildman–Crippen LogP) is 2.22. The Kier molecular flexibility index (Phi) is 6.67. The van der Waals surface area contributed by atoms with Gasteiger partial charge in [0.25, 0.3) is 0 Å². The molecule has 19 heavy (non-hydrogen) atoms. The molecular formula is C14H26N2O3. The second kappa shape index (κ2) is 8.02. The lowest BCUT2D eigenvalue weighted by Gasteiger charge is -2.26. The molecule has 110 valence electrons. The first-order valence-electron chi connectivity index (χ1n) is 7.23. The summed E-state index contributed by atoms with van der Waals surface area (Å²) in [5.74, 6) is 0.182. The fraction of sp³-hybridized carbons (Fsp3) is 0.857. The van der Waals surface area contributed by atoms with E-state index in [0.29, 0.717) is 18.9 Å². The number of hydrogen-bond acceptors (Lipinski definition) is 2. The fourth-order valence-electron chi connectivity index (χ4n) is 2.36. The van der Waals surface area contributed by atoms with Gasteiger partial charge in [0.2, 0.25) is 0 Å². The number of rotatable bonds is 6. The third kappa shape index (κ3) is 6.45. The topological polar surface area (TPSA) is 78.4 Å². The number of aliphatic carboxylic acids is 1. The lowest BCUT2D eigenvalue weighted by atomic mass is 9.83. The third-order valence-electron chi connectivity index (χ3n) is 3.97. The summed E-state index contributed by atoms with van der Waals surface area (Å²) in [5, 5.41) is 14.3. The van der Waals surface area contributed by atoms with Crippen LogP contribution in [0.4, 0.5) is 4.79 Å². The molecule has 5 heteroatoms. The summed E-state index contributed by atoms with van der Waals surface area (Å²) >= 11 is 0. The van der Waals surface area contributed by atoms with E-state index >= 15 is 0 Å². The molecule has 0 aliphatic heterocycles. The molecule has 0 aromatic heterocycles. The Bertz CT molecular complexity index is 299. The minimum Gasteiger partial charge on any atom is -0.481 e. The first kappa shape index (κ1) is 15.8. The molecule has 1 fully saturated rings. The van der Waals surface area contributed by atoms with Gasteiger partial charge in [-0.2, -0.15) is 0 Å². The summed E-state index contributed by atoms with van der Waals surface area (Å²) < 4.78 is 0. The molecule has 0 aromatic rings. The summed E-state index contributed by atoms with van der Waals surface area (Å²) in [6.45, 7) is 5.05. The third-order valence-corrected chi connectivity index (χ3v) is 3.97. The van der Waals surface area contributed by atoms with Gasteiger partial charge in [0.05, 0.1) is 5.92 Å². The number of nitrogens with one attached hydrogen (secondary N) is 2. The first-order valence-corrected chi connectivity index (χ1v) is 7.23. The van der Waals surface area contributed by atoms with Gasteiger partial charge in [-0.25, -0.2) is 4.79 Å². The molecule has 0 spiro atoms. The lowest BCUT2D eigenvalue weighted by Crippen LogP contribution is -2.39. The zero-order chi connectivity index (χ0) is 14.3. The van der Waals surface area contributed by atoms with Crippen molar-refractivity contribution in [3.05, 3.63) is 0 Å². The Labute approximate surface area is 115 Å². The fourth-order valence-corrected chi connectivity index (χ4v) is 2.36. The van der Waals surface area contributed by atoms with Crippen molar-refractivity contribution in [2.24, 2.45) is 17.8 Å². The number of carboxylic acid groups (broad SMARTS) is 1. The average molecular weight is 270 g/mol. The van der Waals surface area contributed by atoms with Gasteiger partial charge in [-0.1, -0.05) is 26.7 Å². The maximum Gasteiger partial charge on any atom is 0.314 e. The number of carbonyl (C=O) groups is 2. The molecule has 5 nitrogen and oxygen atoms in total. The van der Waals surface area contributed by atoms with E-state index in [1.54, 1.807) is 6.92 Å². The smallest absolute Gasteiger partial charge is 0.314 e. The Morgan fingerprint density at radius 3 is 2.42 bits per heavy atom. The second-order valence-electron chi connectivity index (χ2n) is 5.79. The normalized spacial score (nSPS) is 24.5. The van der Waals surface area contributed by atoms with Crippen LogP contribution < -0.4 is 10.6 Å². The van der Waals surface area contributed by atoms with Crippen molar-refractivity contribution in [2.75, 3.05) is 13.1 Å². The number of carboxylic acids is 1. The Balaban J connectivity index is 2.06. The van der Waals surface area contributed by atoms with E-state index < -0.39 is 11.9 Å². The number of urea groups is 1. The van der Waals surface area contributed by atoms with Gasteiger partial charge in [0.1, 0.15) is 0 Å². The van der Waals surface area contributed by atoms with Gasteiger partial charge in [-0.15, -0.1) is 0 Å². The SMILES string of the molecule is CC1CCC(CNC(=O)NCCC(C)C(=O)O)CC1. The van der Waals surface area contributed by atoms with Crippen molar-refractivity contribution in [3.63, 3.8) is 0 Å². The van der Waals surface area contributed by atoms with Crippen LogP contribution in [-0.4, -0.2) is 30.2 Å². The summed E-state index contributed by atoms with van der Waals surface area (Å²) in [5.41, 5.74) is 0. The molecule has 3 N–H and O–H groups in total. The molecule has 1 unspecified atom stereocenters. The zero-order valence-electron chi connectivity index (χ0n) is 11.9. The van der Waals surface area contributed by atoms with Crippen LogP contribution in [0.25, 0.3) is 0 Å². The summed E-state index contributed by atoms with van der Waals surface area (Å²) in [4.78, 5) is 22.1. The minimum atomic E-state index is -0.821. The predicted molar refractivity (Wildman–Crippen MR) is 73.9 cm³/mol. The van der Waals surface area contributed by atoms with Crippen LogP contribution in [-0.2, 0) is 4.79 Å². The van der Waals surface area contributed by atoms with E-state index in [1.807, 2.05) is 0 Å². The van der Waals surface area contributed by atoms with E-state index in [-0.39, 0.29) is 6.03 Å².